The fourth-order valence-electron chi connectivity index (χ4n) is 3.55. The molecule has 3 nitrogen and oxygen atoms in total. The maximum absolute atomic E-state index is 12.6. The lowest BCUT2D eigenvalue weighted by Crippen LogP contribution is -2.41. The Kier molecular flexibility index (Phi) is 3.31. The lowest BCUT2D eigenvalue weighted by molar-refractivity contribution is -0.138. The molecule has 3 heteroatoms. The highest BCUT2D eigenvalue weighted by atomic mass is 16.2. The van der Waals surface area contributed by atoms with Gasteiger partial charge in [-0.1, -0.05) is 24.3 Å². The zero-order chi connectivity index (χ0) is 13.4. The molecule has 1 heterocycles. The molecule has 0 saturated heterocycles. The molecule has 1 aromatic carbocycles. The van der Waals surface area contributed by atoms with Crippen molar-refractivity contribution in [2.45, 2.75) is 44.7 Å². The van der Waals surface area contributed by atoms with E-state index in [4.69, 9.17) is 5.73 Å². The quantitative estimate of drug-likeness (QED) is 0.840. The molecule has 0 radical (unpaired) electrons. The molecular formula is C16H22N2O. The third-order valence-electron chi connectivity index (χ3n) is 4.70. The van der Waals surface area contributed by atoms with Gasteiger partial charge in [0.1, 0.15) is 0 Å². The first-order chi connectivity index (χ1) is 9.16. The first kappa shape index (κ1) is 12.7. The summed E-state index contributed by atoms with van der Waals surface area (Å²) in [6.45, 7) is 2.99. The molecule has 1 saturated carbocycles. The average molecular weight is 258 g/mol. The number of amides is 1. The van der Waals surface area contributed by atoms with Gasteiger partial charge in [-0.05, 0) is 43.7 Å². The number of nitrogens with two attached hydrogens (primary N) is 1. The Morgan fingerprint density at radius 2 is 2.11 bits per heavy atom. The maximum atomic E-state index is 12.6. The minimum Gasteiger partial charge on any atom is -0.335 e. The number of carbonyl (C=O) groups is 1. The average Bonchev–Trinajstić information content (AvgIpc) is 2.85. The van der Waals surface area contributed by atoms with Gasteiger partial charge in [-0.25, -0.2) is 0 Å². The van der Waals surface area contributed by atoms with Crippen molar-refractivity contribution < 1.29 is 4.79 Å². The summed E-state index contributed by atoms with van der Waals surface area (Å²) in [5, 5.41) is 0. The fraction of sp³-hybridized carbons (Fsp3) is 0.562. The van der Waals surface area contributed by atoms with Crippen molar-refractivity contribution >= 4 is 5.91 Å². The van der Waals surface area contributed by atoms with Crippen LogP contribution in [-0.2, 0) is 11.2 Å². The van der Waals surface area contributed by atoms with Gasteiger partial charge in [-0.2, -0.15) is 0 Å². The molecule has 0 bridgehead atoms. The highest BCUT2D eigenvalue weighted by molar-refractivity contribution is 5.80. The molecule has 1 fully saturated rings. The molecule has 3 atom stereocenters. The Hall–Kier alpha value is -1.35. The van der Waals surface area contributed by atoms with Crippen LogP contribution in [0.5, 0.6) is 0 Å². The summed E-state index contributed by atoms with van der Waals surface area (Å²) in [6, 6.07) is 8.91. The second kappa shape index (κ2) is 4.97. The van der Waals surface area contributed by atoms with Gasteiger partial charge < -0.3 is 10.6 Å². The largest absolute Gasteiger partial charge is 0.335 e. The van der Waals surface area contributed by atoms with Crippen LogP contribution >= 0.6 is 0 Å². The molecule has 0 unspecified atom stereocenters. The summed E-state index contributed by atoms with van der Waals surface area (Å²) < 4.78 is 0. The van der Waals surface area contributed by atoms with Gasteiger partial charge in [0.2, 0.25) is 5.91 Å². The molecule has 1 aromatic rings. The van der Waals surface area contributed by atoms with Crippen LogP contribution in [0, 0.1) is 5.92 Å². The van der Waals surface area contributed by atoms with E-state index in [1.165, 1.54) is 11.1 Å². The number of hydrogen-bond acceptors (Lipinski definition) is 2. The summed E-state index contributed by atoms with van der Waals surface area (Å²) in [5.74, 6) is 0.470. The Balaban J connectivity index is 1.78. The van der Waals surface area contributed by atoms with Gasteiger partial charge in [0, 0.05) is 18.5 Å². The third-order valence-corrected chi connectivity index (χ3v) is 4.70. The van der Waals surface area contributed by atoms with E-state index in [2.05, 4.69) is 36.1 Å². The first-order valence-electron chi connectivity index (χ1n) is 7.30. The maximum Gasteiger partial charge on any atom is 0.226 e. The zero-order valence-electron chi connectivity index (χ0n) is 11.5. The van der Waals surface area contributed by atoms with E-state index in [1.807, 2.05) is 0 Å². The van der Waals surface area contributed by atoms with E-state index in [0.717, 1.165) is 32.2 Å². The van der Waals surface area contributed by atoms with Crippen LogP contribution in [0.25, 0.3) is 0 Å². The molecule has 0 aromatic heterocycles. The lowest BCUT2D eigenvalue weighted by atomic mass is 9.92. The van der Waals surface area contributed by atoms with Crippen LogP contribution in [0.3, 0.4) is 0 Å². The number of nitrogens with zero attached hydrogens (tertiary/aromatic N) is 1. The van der Waals surface area contributed by atoms with Crippen molar-refractivity contribution in [3.8, 4) is 0 Å². The van der Waals surface area contributed by atoms with Crippen LogP contribution in [0.4, 0.5) is 0 Å². The topological polar surface area (TPSA) is 46.3 Å². The Bertz CT molecular complexity index is 485. The van der Waals surface area contributed by atoms with Gasteiger partial charge in [-0.3, -0.25) is 4.79 Å². The SMILES string of the molecule is C[C@@H]1c2ccccc2CCN1C(=O)[C@@H]1CC[C@@H](N)C1. The Morgan fingerprint density at radius 1 is 1.32 bits per heavy atom. The van der Waals surface area contributed by atoms with Crippen molar-refractivity contribution in [2.75, 3.05) is 6.54 Å². The molecule has 102 valence electrons. The van der Waals surface area contributed by atoms with Crippen LogP contribution < -0.4 is 5.73 Å². The van der Waals surface area contributed by atoms with Gasteiger partial charge in [-0.15, -0.1) is 0 Å². The van der Waals surface area contributed by atoms with Gasteiger partial charge in [0.15, 0.2) is 0 Å². The van der Waals surface area contributed by atoms with E-state index in [9.17, 15) is 4.79 Å². The van der Waals surface area contributed by atoms with Crippen LogP contribution in [0.2, 0.25) is 0 Å². The molecule has 1 aliphatic heterocycles. The number of benzene rings is 1. The standard InChI is InChI=1S/C16H22N2O/c1-11-15-5-3-2-4-12(15)8-9-18(11)16(19)13-6-7-14(17)10-13/h2-5,11,13-14H,6-10,17H2,1H3/t11-,13-,14-/m1/s1. The predicted molar refractivity (Wildman–Crippen MR) is 75.6 cm³/mol. The summed E-state index contributed by atoms with van der Waals surface area (Å²) >= 11 is 0. The minimum atomic E-state index is 0.155. The molecule has 3 rings (SSSR count). The molecule has 1 aliphatic carbocycles. The van der Waals surface area contributed by atoms with Crippen molar-refractivity contribution in [3.05, 3.63) is 35.4 Å². The first-order valence-corrected chi connectivity index (χ1v) is 7.30. The molecule has 1 amide bonds. The normalized spacial score (nSPS) is 30.2. The third kappa shape index (κ3) is 2.27. The lowest BCUT2D eigenvalue weighted by Gasteiger charge is -2.36. The summed E-state index contributed by atoms with van der Waals surface area (Å²) in [5.41, 5.74) is 8.63. The minimum absolute atomic E-state index is 0.155. The monoisotopic (exact) mass is 258 g/mol. The van der Waals surface area contributed by atoms with Gasteiger partial charge in [0.25, 0.3) is 0 Å². The van der Waals surface area contributed by atoms with Crippen molar-refractivity contribution in [2.24, 2.45) is 11.7 Å². The Morgan fingerprint density at radius 3 is 2.84 bits per heavy atom. The van der Waals surface area contributed by atoms with E-state index in [0.29, 0.717) is 5.91 Å². The number of fused-ring (bicyclic) bond motifs is 1. The molecule has 19 heavy (non-hydrogen) atoms. The van der Waals surface area contributed by atoms with E-state index < -0.39 is 0 Å². The predicted octanol–water partition coefficient (Wildman–Crippen LogP) is 2.26. The molecule has 0 spiro atoms. The van der Waals surface area contributed by atoms with Crippen LogP contribution in [0.15, 0.2) is 24.3 Å². The van der Waals surface area contributed by atoms with E-state index in [-0.39, 0.29) is 18.0 Å². The number of carbonyl (C=O) groups excluding carboxylic acids is 1. The second-order valence-electron chi connectivity index (χ2n) is 5.93. The van der Waals surface area contributed by atoms with Crippen LogP contribution in [-0.4, -0.2) is 23.4 Å². The Labute approximate surface area is 114 Å². The number of hydrogen-bond donors (Lipinski definition) is 1. The summed E-state index contributed by atoms with van der Waals surface area (Å²) in [6.07, 6.45) is 3.80. The molecular weight excluding hydrogens is 236 g/mol. The summed E-state index contributed by atoms with van der Waals surface area (Å²) in [4.78, 5) is 14.7. The smallest absolute Gasteiger partial charge is 0.226 e. The van der Waals surface area contributed by atoms with Gasteiger partial charge in [0.05, 0.1) is 6.04 Å². The zero-order valence-corrected chi connectivity index (χ0v) is 11.5. The van der Waals surface area contributed by atoms with Gasteiger partial charge >= 0.3 is 0 Å². The fourth-order valence-corrected chi connectivity index (χ4v) is 3.55. The highest BCUT2D eigenvalue weighted by Crippen LogP contribution is 2.33. The van der Waals surface area contributed by atoms with Crippen molar-refractivity contribution in [1.82, 2.24) is 4.90 Å². The molecule has 2 aliphatic rings. The van der Waals surface area contributed by atoms with E-state index >= 15 is 0 Å². The highest BCUT2D eigenvalue weighted by Gasteiger charge is 2.35. The van der Waals surface area contributed by atoms with Crippen LogP contribution in [0.1, 0.15) is 43.4 Å². The van der Waals surface area contributed by atoms with Crippen molar-refractivity contribution in [1.29, 1.82) is 0 Å². The summed E-state index contributed by atoms with van der Waals surface area (Å²) in [7, 11) is 0. The molecule has 2 N–H and O–H groups in total. The van der Waals surface area contributed by atoms with Crippen molar-refractivity contribution in [3.63, 3.8) is 0 Å². The van der Waals surface area contributed by atoms with E-state index in [1.54, 1.807) is 0 Å². The number of rotatable bonds is 1. The second-order valence-corrected chi connectivity index (χ2v) is 5.93.